The molecule has 1 fully saturated rings. The first-order chi connectivity index (χ1) is 18.9. The molecule has 0 unspecified atom stereocenters. The highest BCUT2D eigenvalue weighted by Gasteiger charge is 2.19. The standard InChI is InChI=1S/C19H23N3O.C11H8FN3O/c1-21-17-13-15(19(23)14-5-3-2-4-6-14)7-8-18(17)22-11-9-16(20)10-12-22;12-8-4-2-1-3-7(8)9-5-14-11(13)10(6-16)15-9/h2-8,13,16,21H,9-12,20H2,1H3;1-6H,(H2,13,14). The maximum absolute atomic E-state index is 13.4. The lowest BCUT2D eigenvalue weighted by Crippen LogP contribution is -2.39. The van der Waals surface area contributed by atoms with Crippen LogP contribution in [0.4, 0.5) is 21.6 Å². The second-order valence-corrected chi connectivity index (χ2v) is 9.12. The highest BCUT2D eigenvalue weighted by Crippen LogP contribution is 2.30. The van der Waals surface area contributed by atoms with Crippen molar-refractivity contribution < 1.29 is 14.0 Å². The van der Waals surface area contributed by atoms with Crippen LogP contribution in [-0.2, 0) is 0 Å². The van der Waals surface area contributed by atoms with Crippen LogP contribution in [0.25, 0.3) is 11.3 Å². The van der Waals surface area contributed by atoms with Crippen LogP contribution in [-0.4, -0.2) is 48.2 Å². The van der Waals surface area contributed by atoms with Crippen LogP contribution < -0.4 is 21.7 Å². The summed E-state index contributed by atoms with van der Waals surface area (Å²) in [6.07, 6.45) is 3.84. The molecule has 0 aliphatic carbocycles. The van der Waals surface area contributed by atoms with E-state index >= 15 is 0 Å². The van der Waals surface area contributed by atoms with E-state index in [0.29, 0.717) is 23.5 Å². The summed E-state index contributed by atoms with van der Waals surface area (Å²) in [7, 11) is 1.89. The lowest BCUT2D eigenvalue weighted by molar-refractivity contribution is 0.103. The average Bonchev–Trinajstić information content (AvgIpc) is 2.98. The summed E-state index contributed by atoms with van der Waals surface area (Å²) >= 11 is 0. The van der Waals surface area contributed by atoms with Gasteiger partial charge in [-0.1, -0.05) is 42.5 Å². The number of nitrogens with two attached hydrogens (primary N) is 2. The number of nitrogens with zero attached hydrogens (tertiary/aromatic N) is 3. The first-order valence-corrected chi connectivity index (χ1v) is 12.7. The Labute approximate surface area is 226 Å². The number of ketones is 1. The third-order valence-corrected chi connectivity index (χ3v) is 6.54. The second-order valence-electron chi connectivity index (χ2n) is 9.12. The minimum absolute atomic E-state index is 0.0146. The van der Waals surface area contributed by atoms with Crippen molar-refractivity contribution >= 4 is 29.3 Å². The quantitative estimate of drug-likeness (QED) is 0.246. The Bertz CT molecular complexity index is 1440. The van der Waals surface area contributed by atoms with Gasteiger partial charge in [0, 0.05) is 42.9 Å². The lowest BCUT2D eigenvalue weighted by atomic mass is 10.0. The zero-order valence-corrected chi connectivity index (χ0v) is 21.7. The number of nitrogen functional groups attached to an aromatic ring is 1. The Balaban J connectivity index is 0.000000193. The molecule has 1 saturated heterocycles. The number of aromatic nitrogens is 2. The van der Waals surface area contributed by atoms with Crippen LogP contribution in [0.2, 0.25) is 0 Å². The fourth-order valence-electron chi connectivity index (χ4n) is 4.35. The van der Waals surface area contributed by atoms with Gasteiger partial charge in [-0.3, -0.25) is 9.59 Å². The second kappa shape index (κ2) is 12.7. The molecule has 39 heavy (non-hydrogen) atoms. The summed E-state index contributed by atoms with van der Waals surface area (Å²) in [5, 5.41) is 3.23. The molecule has 5 rings (SSSR count). The topological polar surface area (TPSA) is 127 Å². The minimum atomic E-state index is -0.418. The Kier molecular flexibility index (Phi) is 8.96. The van der Waals surface area contributed by atoms with Crippen LogP contribution in [0.1, 0.15) is 39.3 Å². The third-order valence-electron chi connectivity index (χ3n) is 6.54. The Morgan fingerprint density at radius 2 is 1.72 bits per heavy atom. The van der Waals surface area contributed by atoms with E-state index in [-0.39, 0.29) is 28.6 Å². The highest BCUT2D eigenvalue weighted by atomic mass is 19.1. The van der Waals surface area contributed by atoms with Crippen LogP contribution in [0.15, 0.2) is 79.0 Å². The van der Waals surface area contributed by atoms with Crippen molar-refractivity contribution in [2.24, 2.45) is 5.73 Å². The van der Waals surface area contributed by atoms with Gasteiger partial charge in [-0.2, -0.15) is 0 Å². The van der Waals surface area contributed by atoms with E-state index in [1.807, 2.05) is 55.6 Å². The highest BCUT2D eigenvalue weighted by molar-refractivity contribution is 6.09. The van der Waals surface area contributed by atoms with Gasteiger partial charge in [-0.05, 0) is 43.2 Å². The Morgan fingerprint density at radius 1 is 1.03 bits per heavy atom. The summed E-state index contributed by atoms with van der Waals surface area (Å²) in [4.78, 5) is 33.3. The smallest absolute Gasteiger partial charge is 0.193 e. The molecule has 1 aliphatic heterocycles. The molecule has 3 aromatic carbocycles. The van der Waals surface area contributed by atoms with Crippen molar-refractivity contribution in [3.8, 4) is 11.3 Å². The molecular weight excluding hydrogens is 495 g/mol. The van der Waals surface area contributed by atoms with E-state index in [1.165, 1.54) is 12.3 Å². The number of rotatable bonds is 6. The summed E-state index contributed by atoms with van der Waals surface area (Å²) in [5.74, 6) is -0.331. The molecular formula is C30H31FN6O2. The van der Waals surface area contributed by atoms with Gasteiger partial charge in [0.2, 0.25) is 0 Å². The number of piperidine rings is 1. The Hall–Kier alpha value is -4.63. The van der Waals surface area contributed by atoms with E-state index in [9.17, 15) is 14.0 Å². The van der Waals surface area contributed by atoms with Gasteiger partial charge in [0.05, 0.1) is 23.3 Å². The van der Waals surface area contributed by atoms with E-state index in [2.05, 4.69) is 20.2 Å². The largest absolute Gasteiger partial charge is 0.386 e. The van der Waals surface area contributed by atoms with Crippen LogP contribution in [0.5, 0.6) is 0 Å². The maximum Gasteiger partial charge on any atom is 0.193 e. The van der Waals surface area contributed by atoms with Crippen LogP contribution in [0, 0.1) is 5.82 Å². The molecule has 8 nitrogen and oxygen atoms in total. The van der Waals surface area contributed by atoms with Crippen molar-refractivity contribution in [3.63, 3.8) is 0 Å². The molecule has 0 atom stereocenters. The molecule has 0 radical (unpaired) electrons. The normalized spacial score (nSPS) is 13.3. The zero-order chi connectivity index (χ0) is 27.8. The number of hydrogen-bond acceptors (Lipinski definition) is 8. The van der Waals surface area contributed by atoms with Gasteiger partial charge in [-0.15, -0.1) is 0 Å². The monoisotopic (exact) mass is 526 g/mol. The van der Waals surface area contributed by atoms with Gasteiger partial charge in [0.25, 0.3) is 0 Å². The van der Waals surface area contributed by atoms with Crippen molar-refractivity contribution in [1.29, 1.82) is 0 Å². The predicted molar refractivity (Wildman–Crippen MR) is 153 cm³/mol. The molecule has 0 saturated carbocycles. The SMILES string of the molecule is CNc1cc(C(=O)c2ccccc2)ccc1N1CCC(N)CC1.Nc1ncc(-c2ccccc2F)nc1C=O. The van der Waals surface area contributed by atoms with Gasteiger partial charge in [0.1, 0.15) is 11.5 Å². The van der Waals surface area contributed by atoms with Gasteiger partial charge < -0.3 is 21.7 Å². The lowest BCUT2D eigenvalue weighted by Gasteiger charge is -2.33. The molecule has 200 valence electrons. The molecule has 2 heterocycles. The molecule has 0 bridgehead atoms. The van der Waals surface area contributed by atoms with Crippen molar-refractivity contribution in [1.82, 2.24) is 9.97 Å². The molecule has 0 spiro atoms. The van der Waals surface area contributed by atoms with Crippen molar-refractivity contribution in [2.75, 3.05) is 36.1 Å². The molecule has 9 heteroatoms. The number of anilines is 3. The minimum Gasteiger partial charge on any atom is -0.386 e. The number of carbonyl (C=O) groups excluding carboxylic acids is 2. The van der Waals surface area contributed by atoms with E-state index in [4.69, 9.17) is 11.5 Å². The first-order valence-electron chi connectivity index (χ1n) is 12.7. The van der Waals surface area contributed by atoms with E-state index < -0.39 is 5.82 Å². The zero-order valence-electron chi connectivity index (χ0n) is 21.7. The summed E-state index contributed by atoms with van der Waals surface area (Å²) < 4.78 is 13.4. The predicted octanol–water partition coefficient (Wildman–Crippen LogP) is 4.56. The summed E-state index contributed by atoms with van der Waals surface area (Å²) in [5.41, 5.74) is 15.5. The van der Waals surface area contributed by atoms with E-state index in [0.717, 1.165) is 37.3 Å². The number of hydrogen-bond donors (Lipinski definition) is 3. The maximum atomic E-state index is 13.4. The number of benzene rings is 3. The fourth-order valence-corrected chi connectivity index (χ4v) is 4.35. The number of carbonyl (C=O) groups is 2. The molecule has 0 amide bonds. The number of aldehydes is 1. The molecule has 1 aliphatic rings. The third kappa shape index (κ3) is 6.63. The van der Waals surface area contributed by atoms with Crippen molar-refractivity contribution in [3.05, 3.63) is 102 Å². The summed E-state index contributed by atoms with van der Waals surface area (Å²) in [6.45, 7) is 1.92. The van der Waals surface area contributed by atoms with Gasteiger partial charge >= 0.3 is 0 Å². The van der Waals surface area contributed by atoms with Crippen LogP contribution in [0.3, 0.4) is 0 Å². The first kappa shape index (κ1) is 27.4. The van der Waals surface area contributed by atoms with Gasteiger partial charge in [0.15, 0.2) is 17.9 Å². The van der Waals surface area contributed by atoms with E-state index in [1.54, 1.807) is 18.2 Å². The van der Waals surface area contributed by atoms with Gasteiger partial charge in [-0.25, -0.2) is 14.4 Å². The molecule has 4 aromatic rings. The fraction of sp³-hybridized carbons (Fsp3) is 0.200. The summed E-state index contributed by atoms with van der Waals surface area (Å²) in [6, 6.07) is 21.7. The van der Waals surface area contributed by atoms with Crippen molar-refractivity contribution in [2.45, 2.75) is 18.9 Å². The van der Waals surface area contributed by atoms with Crippen LogP contribution >= 0.6 is 0 Å². The Morgan fingerprint density at radius 3 is 2.38 bits per heavy atom. The average molecular weight is 527 g/mol. The molecule has 1 aromatic heterocycles. The molecule has 5 N–H and O–H groups in total. The number of halogens is 1. The number of nitrogens with one attached hydrogen (secondary N) is 1.